The van der Waals surface area contributed by atoms with Crippen molar-refractivity contribution in [3.8, 4) is 0 Å². The number of esters is 1. The van der Waals surface area contributed by atoms with Gasteiger partial charge in [-0.1, -0.05) is 30.3 Å². The molecule has 7 heteroatoms. The zero-order valence-corrected chi connectivity index (χ0v) is 18.2. The van der Waals surface area contributed by atoms with Gasteiger partial charge in [0, 0.05) is 45.0 Å². The molecule has 0 radical (unpaired) electrons. The van der Waals surface area contributed by atoms with E-state index in [0.717, 1.165) is 37.3 Å². The van der Waals surface area contributed by atoms with Gasteiger partial charge in [0.05, 0.1) is 18.2 Å². The van der Waals surface area contributed by atoms with E-state index in [4.69, 9.17) is 4.74 Å². The Morgan fingerprint density at radius 3 is 2.60 bits per heavy atom. The second-order valence-corrected chi connectivity index (χ2v) is 7.80. The third-order valence-corrected chi connectivity index (χ3v) is 5.71. The SMILES string of the molecule is C=CCN1C(=O)N[C@H](c2ccccc2C)C(C(=O)OCC)=C1CN1CCN(C)CC1. The van der Waals surface area contributed by atoms with E-state index in [-0.39, 0.29) is 18.6 Å². The van der Waals surface area contributed by atoms with Gasteiger partial charge in [-0.05, 0) is 32.0 Å². The molecule has 1 N–H and O–H groups in total. The van der Waals surface area contributed by atoms with Gasteiger partial charge in [-0.3, -0.25) is 9.80 Å². The highest BCUT2D eigenvalue weighted by atomic mass is 16.5. The molecule has 0 aromatic heterocycles. The molecule has 7 nitrogen and oxygen atoms in total. The number of urea groups is 1. The number of carbonyl (C=O) groups is 2. The van der Waals surface area contributed by atoms with E-state index in [0.29, 0.717) is 24.4 Å². The summed E-state index contributed by atoms with van der Waals surface area (Å²) in [6.07, 6.45) is 1.68. The van der Waals surface area contributed by atoms with Crippen molar-refractivity contribution >= 4 is 12.0 Å². The smallest absolute Gasteiger partial charge is 0.338 e. The molecule has 1 atom stereocenters. The summed E-state index contributed by atoms with van der Waals surface area (Å²) in [5.41, 5.74) is 3.13. The first-order valence-electron chi connectivity index (χ1n) is 10.5. The first-order chi connectivity index (χ1) is 14.5. The average molecular weight is 413 g/mol. The number of piperazine rings is 1. The van der Waals surface area contributed by atoms with Crippen LogP contribution in [0.25, 0.3) is 0 Å². The van der Waals surface area contributed by atoms with Gasteiger partial charge in [-0.15, -0.1) is 6.58 Å². The summed E-state index contributed by atoms with van der Waals surface area (Å²) in [6.45, 7) is 12.4. The molecule has 162 valence electrons. The predicted octanol–water partition coefficient (Wildman–Crippen LogP) is 2.31. The maximum absolute atomic E-state index is 13.1. The molecule has 3 rings (SSSR count). The van der Waals surface area contributed by atoms with E-state index in [1.54, 1.807) is 17.9 Å². The van der Waals surface area contributed by atoms with Gasteiger partial charge in [0.15, 0.2) is 0 Å². The van der Waals surface area contributed by atoms with Crippen LogP contribution < -0.4 is 5.32 Å². The highest BCUT2D eigenvalue weighted by Gasteiger charge is 2.39. The van der Waals surface area contributed by atoms with Crippen LogP contribution >= 0.6 is 0 Å². The molecule has 2 aliphatic heterocycles. The molecule has 0 spiro atoms. The molecule has 0 unspecified atom stereocenters. The molecular formula is C23H32N4O3. The molecule has 2 heterocycles. The van der Waals surface area contributed by atoms with Crippen LogP contribution in [0.5, 0.6) is 0 Å². The van der Waals surface area contributed by atoms with E-state index < -0.39 is 6.04 Å². The third kappa shape index (κ3) is 4.74. The summed E-state index contributed by atoms with van der Waals surface area (Å²) in [4.78, 5) is 32.4. The lowest BCUT2D eigenvalue weighted by molar-refractivity contribution is -0.139. The minimum absolute atomic E-state index is 0.222. The lowest BCUT2D eigenvalue weighted by atomic mass is 9.91. The first kappa shape index (κ1) is 22.1. The monoisotopic (exact) mass is 412 g/mol. The number of nitrogens with zero attached hydrogens (tertiary/aromatic N) is 3. The average Bonchev–Trinajstić information content (AvgIpc) is 2.72. The Balaban J connectivity index is 2.09. The Morgan fingerprint density at radius 1 is 1.27 bits per heavy atom. The van der Waals surface area contributed by atoms with E-state index in [1.165, 1.54) is 0 Å². The van der Waals surface area contributed by atoms with Gasteiger partial charge in [-0.25, -0.2) is 9.59 Å². The van der Waals surface area contributed by atoms with Crippen LogP contribution in [0.1, 0.15) is 24.1 Å². The van der Waals surface area contributed by atoms with E-state index in [2.05, 4.69) is 28.7 Å². The zero-order valence-electron chi connectivity index (χ0n) is 18.2. The number of rotatable bonds is 7. The van der Waals surface area contributed by atoms with E-state index in [1.807, 2.05) is 31.2 Å². The molecule has 1 fully saturated rings. The van der Waals surface area contributed by atoms with Crippen molar-refractivity contribution in [1.29, 1.82) is 0 Å². The van der Waals surface area contributed by atoms with Crippen molar-refractivity contribution < 1.29 is 14.3 Å². The normalized spacial score (nSPS) is 20.8. The van der Waals surface area contributed by atoms with Crippen LogP contribution in [0.3, 0.4) is 0 Å². The topological polar surface area (TPSA) is 65.1 Å². The number of hydrogen-bond acceptors (Lipinski definition) is 5. The maximum atomic E-state index is 13.1. The molecule has 0 bridgehead atoms. The van der Waals surface area contributed by atoms with Crippen molar-refractivity contribution in [3.05, 3.63) is 59.3 Å². The standard InChI is InChI=1S/C23H32N4O3/c1-5-11-27-19(16-26-14-12-25(4)13-15-26)20(22(28)30-6-2)21(24-23(27)29)18-10-8-7-9-17(18)3/h5,7-10,21H,1,6,11-16H2,2-4H3,(H,24,29)/t21-/m1/s1. The number of benzene rings is 1. The first-order valence-corrected chi connectivity index (χ1v) is 10.5. The molecule has 30 heavy (non-hydrogen) atoms. The third-order valence-electron chi connectivity index (χ3n) is 5.71. The van der Waals surface area contributed by atoms with Gasteiger partial charge >= 0.3 is 12.0 Å². The minimum Gasteiger partial charge on any atom is -0.463 e. The van der Waals surface area contributed by atoms with E-state index in [9.17, 15) is 9.59 Å². The van der Waals surface area contributed by atoms with Crippen molar-refractivity contribution in [1.82, 2.24) is 20.0 Å². The lowest BCUT2D eigenvalue weighted by Crippen LogP contribution is -2.53. The lowest BCUT2D eigenvalue weighted by Gasteiger charge is -2.40. The Kier molecular flexibility index (Phi) is 7.29. The molecule has 1 saturated heterocycles. The largest absolute Gasteiger partial charge is 0.463 e. The molecule has 0 aliphatic carbocycles. The van der Waals surface area contributed by atoms with Crippen molar-refractivity contribution in [3.63, 3.8) is 0 Å². The number of aryl methyl sites for hydroxylation is 1. The maximum Gasteiger partial charge on any atom is 0.338 e. The van der Waals surface area contributed by atoms with Crippen LogP contribution in [-0.4, -0.2) is 79.6 Å². The van der Waals surface area contributed by atoms with Gasteiger partial charge in [0.25, 0.3) is 0 Å². The summed E-state index contributed by atoms with van der Waals surface area (Å²) in [5.74, 6) is -0.385. The number of nitrogens with one attached hydrogen (secondary N) is 1. The van der Waals surface area contributed by atoms with Crippen molar-refractivity contribution in [2.75, 3.05) is 52.9 Å². The van der Waals surface area contributed by atoms with Gasteiger partial charge in [0.1, 0.15) is 0 Å². The van der Waals surface area contributed by atoms with Gasteiger partial charge in [-0.2, -0.15) is 0 Å². The van der Waals surface area contributed by atoms with Crippen LogP contribution in [0.2, 0.25) is 0 Å². The van der Waals surface area contributed by atoms with Gasteiger partial charge in [0.2, 0.25) is 0 Å². The number of carbonyl (C=O) groups excluding carboxylic acids is 2. The molecule has 1 aromatic carbocycles. The Morgan fingerprint density at radius 2 is 1.97 bits per heavy atom. The predicted molar refractivity (Wildman–Crippen MR) is 117 cm³/mol. The fourth-order valence-corrected chi connectivity index (χ4v) is 4.01. The number of ether oxygens (including phenoxy) is 1. The summed E-state index contributed by atoms with van der Waals surface area (Å²) in [6, 6.07) is 7.05. The summed E-state index contributed by atoms with van der Waals surface area (Å²) in [7, 11) is 2.10. The Labute approximate surface area is 179 Å². The fraction of sp³-hybridized carbons (Fsp3) is 0.478. The number of likely N-dealkylation sites (N-methyl/N-ethyl adjacent to an activating group) is 1. The fourth-order valence-electron chi connectivity index (χ4n) is 4.01. The molecular weight excluding hydrogens is 380 g/mol. The minimum atomic E-state index is -0.540. The second kappa shape index (κ2) is 9.91. The second-order valence-electron chi connectivity index (χ2n) is 7.80. The molecule has 0 saturated carbocycles. The summed E-state index contributed by atoms with van der Waals surface area (Å²) >= 11 is 0. The van der Waals surface area contributed by atoms with Crippen molar-refractivity contribution in [2.45, 2.75) is 19.9 Å². The number of amides is 2. The van der Waals surface area contributed by atoms with Crippen LogP contribution in [0, 0.1) is 6.92 Å². The van der Waals surface area contributed by atoms with E-state index >= 15 is 0 Å². The van der Waals surface area contributed by atoms with Crippen LogP contribution in [0.4, 0.5) is 4.79 Å². The Bertz CT molecular complexity index is 827. The number of hydrogen-bond donors (Lipinski definition) is 1. The molecule has 2 amide bonds. The van der Waals surface area contributed by atoms with Crippen LogP contribution in [-0.2, 0) is 9.53 Å². The quantitative estimate of drug-likeness (QED) is 0.550. The van der Waals surface area contributed by atoms with Crippen LogP contribution in [0.15, 0.2) is 48.2 Å². The highest BCUT2D eigenvalue weighted by molar-refractivity contribution is 5.95. The van der Waals surface area contributed by atoms with Crippen molar-refractivity contribution in [2.24, 2.45) is 0 Å². The zero-order chi connectivity index (χ0) is 21.7. The molecule has 2 aliphatic rings. The summed E-state index contributed by atoms with van der Waals surface area (Å²) < 4.78 is 5.44. The Hall–Kier alpha value is -2.64. The highest BCUT2D eigenvalue weighted by Crippen LogP contribution is 2.33. The molecule has 1 aromatic rings. The van der Waals surface area contributed by atoms with Gasteiger partial charge < -0.3 is 15.0 Å². The summed E-state index contributed by atoms with van der Waals surface area (Å²) in [5, 5.41) is 3.03.